The van der Waals surface area contributed by atoms with Crippen LogP contribution in [0.4, 0.5) is 0 Å². The quantitative estimate of drug-likeness (QED) is 0.695. The van der Waals surface area contributed by atoms with E-state index in [1.165, 1.54) is 0 Å². The minimum absolute atomic E-state index is 0.0230. The minimum Gasteiger partial charge on any atom is -0.390 e. The lowest BCUT2D eigenvalue weighted by atomic mass is 10.4. The van der Waals surface area contributed by atoms with Crippen LogP contribution in [-0.4, -0.2) is 24.9 Å². The molecule has 0 radical (unpaired) electrons. The molecule has 5 heteroatoms. The highest BCUT2D eigenvalue weighted by Crippen LogP contribution is 2.13. The average molecular weight is 178 g/mol. The van der Waals surface area contributed by atoms with E-state index in [2.05, 4.69) is 15.1 Å². The minimum atomic E-state index is -0.0230. The first kappa shape index (κ1) is 8.00. The third-order valence-electron chi connectivity index (χ3n) is 1.86. The molecule has 0 aromatic carbocycles. The molecule has 2 aromatic heterocycles. The van der Waals surface area contributed by atoms with Gasteiger partial charge in [-0.05, 0) is 6.07 Å². The van der Waals surface area contributed by atoms with Crippen LogP contribution in [0.1, 0.15) is 5.69 Å². The highest BCUT2D eigenvalue weighted by atomic mass is 16.3. The lowest BCUT2D eigenvalue weighted by molar-refractivity contribution is 0.277. The predicted octanol–water partition coefficient (Wildman–Crippen LogP) is 0.302. The Bertz CT molecular complexity index is 404. The summed E-state index contributed by atoms with van der Waals surface area (Å²) in [6.45, 7) is -0.0230. The zero-order valence-electron chi connectivity index (χ0n) is 7.23. The number of rotatable bonds is 2. The molecule has 0 amide bonds. The van der Waals surface area contributed by atoms with E-state index < -0.39 is 0 Å². The third kappa shape index (κ3) is 1.33. The second kappa shape index (κ2) is 3.02. The summed E-state index contributed by atoms with van der Waals surface area (Å²) >= 11 is 0. The number of aliphatic hydroxyl groups is 1. The molecule has 0 aliphatic rings. The van der Waals surface area contributed by atoms with Crippen molar-refractivity contribution >= 4 is 0 Å². The van der Waals surface area contributed by atoms with Gasteiger partial charge in [0, 0.05) is 13.2 Å². The van der Waals surface area contributed by atoms with Crippen LogP contribution in [0.2, 0.25) is 0 Å². The Morgan fingerprint density at radius 1 is 1.62 bits per heavy atom. The lowest BCUT2D eigenvalue weighted by Crippen LogP contribution is -1.94. The van der Waals surface area contributed by atoms with Crippen LogP contribution >= 0.6 is 0 Å². The van der Waals surface area contributed by atoms with E-state index in [9.17, 15) is 0 Å². The van der Waals surface area contributed by atoms with E-state index in [1.54, 1.807) is 17.1 Å². The van der Waals surface area contributed by atoms with Gasteiger partial charge in [-0.15, -0.1) is 0 Å². The van der Waals surface area contributed by atoms with Gasteiger partial charge >= 0.3 is 0 Å². The summed E-state index contributed by atoms with van der Waals surface area (Å²) in [5, 5.41) is 12.8. The summed E-state index contributed by atoms with van der Waals surface area (Å²) in [5.74, 6) is 0.726. The van der Waals surface area contributed by atoms with E-state index >= 15 is 0 Å². The number of aliphatic hydroxyl groups excluding tert-OH is 1. The number of nitrogens with zero attached hydrogens (tertiary/aromatic N) is 3. The molecule has 0 aliphatic carbocycles. The number of hydrogen-bond donors (Lipinski definition) is 2. The SMILES string of the molecule is Cn1nccc1-c1ncc(CO)[nH]1. The van der Waals surface area contributed by atoms with Gasteiger partial charge < -0.3 is 10.1 Å². The molecule has 0 spiro atoms. The maximum absolute atomic E-state index is 8.82. The van der Waals surface area contributed by atoms with E-state index in [-0.39, 0.29) is 6.61 Å². The number of nitrogens with one attached hydrogen (secondary N) is 1. The fraction of sp³-hybridized carbons (Fsp3) is 0.250. The standard InChI is InChI=1S/C8H10N4O/c1-12-7(2-3-10-12)8-9-4-6(5-13)11-8/h2-4,13H,5H2,1H3,(H,9,11). The van der Waals surface area contributed by atoms with Gasteiger partial charge in [0.05, 0.1) is 18.5 Å². The number of H-pyrrole nitrogens is 1. The second-order valence-corrected chi connectivity index (χ2v) is 2.76. The fourth-order valence-electron chi connectivity index (χ4n) is 1.18. The van der Waals surface area contributed by atoms with Crippen LogP contribution in [0.3, 0.4) is 0 Å². The summed E-state index contributed by atoms with van der Waals surface area (Å²) in [7, 11) is 1.84. The van der Waals surface area contributed by atoms with Gasteiger partial charge in [0.1, 0.15) is 5.69 Å². The van der Waals surface area contributed by atoms with Crippen LogP contribution in [-0.2, 0) is 13.7 Å². The molecule has 0 bridgehead atoms. The molecule has 0 aliphatic heterocycles. The van der Waals surface area contributed by atoms with Gasteiger partial charge in [-0.1, -0.05) is 0 Å². The number of hydrogen-bond acceptors (Lipinski definition) is 3. The lowest BCUT2D eigenvalue weighted by Gasteiger charge is -1.95. The summed E-state index contributed by atoms with van der Waals surface area (Å²) in [6.07, 6.45) is 3.32. The first-order chi connectivity index (χ1) is 6.31. The van der Waals surface area contributed by atoms with Crippen LogP contribution in [0.5, 0.6) is 0 Å². The molecule has 2 heterocycles. The summed E-state index contributed by atoms with van der Waals surface area (Å²) < 4.78 is 1.72. The average Bonchev–Trinajstić information content (AvgIpc) is 2.71. The van der Waals surface area contributed by atoms with Crippen LogP contribution < -0.4 is 0 Å². The third-order valence-corrected chi connectivity index (χ3v) is 1.86. The molecule has 68 valence electrons. The van der Waals surface area contributed by atoms with Crippen LogP contribution in [0.25, 0.3) is 11.5 Å². The largest absolute Gasteiger partial charge is 0.390 e. The maximum atomic E-state index is 8.82. The second-order valence-electron chi connectivity index (χ2n) is 2.76. The topological polar surface area (TPSA) is 66.7 Å². The van der Waals surface area contributed by atoms with Crippen molar-refractivity contribution in [1.29, 1.82) is 0 Å². The normalized spacial score (nSPS) is 10.6. The molecule has 0 fully saturated rings. The van der Waals surface area contributed by atoms with Crippen molar-refractivity contribution in [3.8, 4) is 11.5 Å². The number of aromatic amines is 1. The highest BCUT2D eigenvalue weighted by Gasteiger charge is 2.05. The first-order valence-corrected chi connectivity index (χ1v) is 3.94. The summed E-state index contributed by atoms with van der Waals surface area (Å²) in [4.78, 5) is 7.10. The molecule has 13 heavy (non-hydrogen) atoms. The Hall–Kier alpha value is -1.62. The molecule has 0 saturated carbocycles. The zero-order chi connectivity index (χ0) is 9.26. The van der Waals surface area contributed by atoms with Crippen molar-refractivity contribution in [2.24, 2.45) is 7.05 Å². The smallest absolute Gasteiger partial charge is 0.155 e. The van der Waals surface area contributed by atoms with E-state index in [0.717, 1.165) is 11.5 Å². The summed E-state index contributed by atoms with van der Waals surface area (Å²) in [6, 6.07) is 1.86. The van der Waals surface area contributed by atoms with Crippen molar-refractivity contribution in [1.82, 2.24) is 19.7 Å². The molecule has 2 aromatic rings. The molecular formula is C8H10N4O. The molecular weight excluding hydrogens is 168 g/mol. The van der Waals surface area contributed by atoms with Crippen molar-refractivity contribution in [3.05, 3.63) is 24.2 Å². The highest BCUT2D eigenvalue weighted by molar-refractivity contribution is 5.49. The first-order valence-electron chi connectivity index (χ1n) is 3.94. The van der Waals surface area contributed by atoms with Gasteiger partial charge in [-0.2, -0.15) is 5.10 Å². The van der Waals surface area contributed by atoms with E-state index in [0.29, 0.717) is 5.69 Å². The maximum Gasteiger partial charge on any atom is 0.155 e. The monoisotopic (exact) mass is 178 g/mol. The zero-order valence-corrected chi connectivity index (χ0v) is 7.23. The van der Waals surface area contributed by atoms with Crippen LogP contribution in [0, 0.1) is 0 Å². The molecule has 0 saturated heterocycles. The Balaban J connectivity index is 2.41. The van der Waals surface area contributed by atoms with Crippen molar-refractivity contribution in [2.75, 3.05) is 0 Å². The van der Waals surface area contributed by atoms with Crippen molar-refractivity contribution < 1.29 is 5.11 Å². The Morgan fingerprint density at radius 2 is 2.46 bits per heavy atom. The van der Waals surface area contributed by atoms with Crippen LogP contribution in [0.15, 0.2) is 18.5 Å². The van der Waals surface area contributed by atoms with Gasteiger partial charge in [-0.3, -0.25) is 4.68 Å². The van der Waals surface area contributed by atoms with Gasteiger partial charge in [0.2, 0.25) is 0 Å². The van der Waals surface area contributed by atoms with Crippen molar-refractivity contribution in [2.45, 2.75) is 6.61 Å². The molecule has 0 atom stereocenters. The molecule has 0 unspecified atom stereocenters. The number of imidazole rings is 1. The predicted molar refractivity (Wildman–Crippen MR) is 46.7 cm³/mol. The number of aromatic nitrogens is 4. The van der Waals surface area contributed by atoms with Gasteiger partial charge in [0.25, 0.3) is 0 Å². The molecule has 2 N–H and O–H groups in total. The Morgan fingerprint density at radius 3 is 3.00 bits per heavy atom. The van der Waals surface area contributed by atoms with Gasteiger partial charge in [0.15, 0.2) is 5.82 Å². The Labute approximate surface area is 75.0 Å². The fourth-order valence-corrected chi connectivity index (χ4v) is 1.18. The molecule has 2 rings (SSSR count). The Kier molecular flexibility index (Phi) is 1.86. The van der Waals surface area contributed by atoms with Crippen molar-refractivity contribution in [3.63, 3.8) is 0 Å². The van der Waals surface area contributed by atoms with E-state index in [4.69, 9.17) is 5.11 Å². The number of aryl methyl sites for hydroxylation is 1. The summed E-state index contributed by atoms with van der Waals surface area (Å²) in [5.41, 5.74) is 1.61. The molecule has 5 nitrogen and oxygen atoms in total. The van der Waals surface area contributed by atoms with E-state index in [1.807, 2.05) is 13.1 Å². The van der Waals surface area contributed by atoms with Gasteiger partial charge in [-0.25, -0.2) is 4.98 Å².